The smallest absolute Gasteiger partial charge is 0.255 e. The van der Waals surface area contributed by atoms with Gasteiger partial charge in [0, 0.05) is 18.7 Å². The third-order valence-corrected chi connectivity index (χ3v) is 4.88. The number of piperazine rings is 1. The van der Waals surface area contributed by atoms with Gasteiger partial charge in [0.25, 0.3) is 5.91 Å². The number of halogens is 1. The second-order valence-electron chi connectivity index (χ2n) is 6.66. The van der Waals surface area contributed by atoms with E-state index in [0.29, 0.717) is 24.2 Å². The highest BCUT2D eigenvalue weighted by Crippen LogP contribution is 2.29. The van der Waals surface area contributed by atoms with Crippen molar-refractivity contribution in [3.05, 3.63) is 95.8 Å². The van der Waals surface area contributed by atoms with Crippen LogP contribution in [-0.2, 0) is 4.79 Å². The van der Waals surface area contributed by atoms with E-state index in [1.54, 1.807) is 24.3 Å². The van der Waals surface area contributed by atoms with Crippen LogP contribution in [0.3, 0.4) is 0 Å². The van der Waals surface area contributed by atoms with Gasteiger partial charge in [-0.05, 0) is 34.9 Å². The van der Waals surface area contributed by atoms with Crippen LogP contribution in [0.2, 0.25) is 0 Å². The number of hydrogen-bond acceptors (Lipinski definition) is 2. The Morgan fingerprint density at radius 1 is 0.964 bits per heavy atom. The van der Waals surface area contributed by atoms with E-state index in [-0.39, 0.29) is 11.8 Å². The first-order valence-electron chi connectivity index (χ1n) is 9.14. The molecule has 1 heterocycles. The molecule has 0 aromatic heterocycles. The minimum Gasteiger partial charge on any atom is -0.352 e. The molecule has 28 heavy (non-hydrogen) atoms. The number of benzene rings is 3. The average Bonchev–Trinajstić information content (AvgIpc) is 2.73. The number of carbonyl (C=O) groups excluding carboxylic acids is 2. The fourth-order valence-corrected chi connectivity index (χ4v) is 3.59. The molecule has 0 saturated carbocycles. The molecule has 3 aromatic carbocycles. The Hall–Kier alpha value is -3.47. The molecule has 1 fully saturated rings. The lowest BCUT2D eigenvalue weighted by Crippen LogP contribution is -2.52. The first kappa shape index (κ1) is 17.9. The molecule has 1 N–H and O–H groups in total. The highest BCUT2D eigenvalue weighted by Gasteiger charge is 2.35. The van der Waals surface area contributed by atoms with Crippen molar-refractivity contribution in [1.29, 1.82) is 0 Å². The molecule has 0 aliphatic carbocycles. The highest BCUT2D eigenvalue weighted by molar-refractivity contribution is 6.03. The van der Waals surface area contributed by atoms with Gasteiger partial charge in [0.15, 0.2) is 0 Å². The van der Waals surface area contributed by atoms with E-state index in [1.807, 2.05) is 42.5 Å². The van der Waals surface area contributed by atoms with E-state index in [9.17, 15) is 14.0 Å². The maximum atomic E-state index is 13.8. The van der Waals surface area contributed by atoms with Crippen LogP contribution in [0.1, 0.15) is 22.0 Å². The summed E-state index contributed by atoms with van der Waals surface area (Å²) in [5.74, 6) is -0.987. The Bertz CT molecular complexity index is 1020. The lowest BCUT2D eigenvalue weighted by molar-refractivity contribution is -0.128. The molecule has 1 saturated heterocycles. The predicted molar refractivity (Wildman–Crippen MR) is 105 cm³/mol. The number of nitrogens with one attached hydrogen (secondary N) is 1. The Morgan fingerprint density at radius 2 is 1.71 bits per heavy atom. The summed E-state index contributed by atoms with van der Waals surface area (Å²) in [5, 5.41) is 2.78. The molecule has 4 rings (SSSR count). The van der Waals surface area contributed by atoms with Gasteiger partial charge < -0.3 is 10.2 Å². The molecule has 1 atom stereocenters. The number of nitrogens with zero attached hydrogens (tertiary/aromatic N) is 1. The van der Waals surface area contributed by atoms with Crippen molar-refractivity contribution in [3.63, 3.8) is 0 Å². The molecule has 0 bridgehead atoms. The number of hydrogen-bond donors (Lipinski definition) is 1. The number of amides is 2. The molecule has 0 unspecified atom stereocenters. The molecular weight excluding hydrogens is 355 g/mol. The van der Waals surface area contributed by atoms with Gasteiger partial charge >= 0.3 is 0 Å². The van der Waals surface area contributed by atoms with Crippen molar-refractivity contribution in [2.75, 3.05) is 13.1 Å². The van der Waals surface area contributed by atoms with Crippen molar-refractivity contribution in [2.24, 2.45) is 0 Å². The lowest BCUT2D eigenvalue weighted by Gasteiger charge is -2.35. The van der Waals surface area contributed by atoms with Gasteiger partial charge in [0.1, 0.15) is 11.9 Å². The summed E-state index contributed by atoms with van der Waals surface area (Å²) in [6.07, 6.45) is 0. The van der Waals surface area contributed by atoms with Gasteiger partial charge in [-0.3, -0.25) is 9.59 Å². The second kappa shape index (κ2) is 7.64. The van der Waals surface area contributed by atoms with Crippen LogP contribution in [0.4, 0.5) is 4.39 Å². The summed E-state index contributed by atoms with van der Waals surface area (Å²) in [6.45, 7) is 0.721. The van der Waals surface area contributed by atoms with Gasteiger partial charge in [-0.2, -0.15) is 0 Å². The summed E-state index contributed by atoms with van der Waals surface area (Å²) in [6, 6.07) is 22.0. The summed E-state index contributed by atoms with van der Waals surface area (Å²) in [5.41, 5.74) is 2.71. The van der Waals surface area contributed by atoms with Crippen LogP contribution in [0.25, 0.3) is 11.1 Å². The van der Waals surface area contributed by atoms with Crippen LogP contribution in [0.5, 0.6) is 0 Å². The lowest BCUT2D eigenvalue weighted by atomic mass is 9.96. The molecule has 0 radical (unpaired) electrons. The third-order valence-electron chi connectivity index (χ3n) is 4.88. The first-order valence-corrected chi connectivity index (χ1v) is 9.14. The summed E-state index contributed by atoms with van der Waals surface area (Å²) < 4.78 is 13.8. The molecule has 2 amide bonds. The van der Waals surface area contributed by atoms with E-state index in [2.05, 4.69) is 5.32 Å². The molecular formula is C23H19FN2O2. The summed E-state index contributed by atoms with van der Waals surface area (Å²) >= 11 is 0. The fraction of sp³-hybridized carbons (Fsp3) is 0.130. The minimum atomic E-state index is -0.860. The number of carbonyl (C=O) groups is 2. The SMILES string of the molecule is O=C1NCCN(C(=O)c2ccccc2-c2ccccc2)[C@@H]1c1cccc(F)c1. The summed E-state index contributed by atoms with van der Waals surface area (Å²) in [4.78, 5) is 27.6. The Balaban J connectivity index is 1.76. The van der Waals surface area contributed by atoms with Crippen molar-refractivity contribution < 1.29 is 14.0 Å². The molecule has 5 heteroatoms. The zero-order valence-corrected chi connectivity index (χ0v) is 15.1. The van der Waals surface area contributed by atoms with E-state index < -0.39 is 11.9 Å². The Labute approximate surface area is 162 Å². The molecule has 3 aromatic rings. The fourth-order valence-electron chi connectivity index (χ4n) is 3.59. The van der Waals surface area contributed by atoms with Crippen LogP contribution in [0, 0.1) is 5.82 Å². The molecule has 1 aliphatic rings. The van der Waals surface area contributed by atoms with E-state index in [1.165, 1.54) is 17.0 Å². The molecule has 1 aliphatic heterocycles. The minimum absolute atomic E-state index is 0.247. The second-order valence-corrected chi connectivity index (χ2v) is 6.66. The van der Waals surface area contributed by atoms with Crippen molar-refractivity contribution >= 4 is 11.8 Å². The van der Waals surface area contributed by atoms with Crippen molar-refractivity contribution in [3.8, 4) is 11.1 Å². The highest BCUT2D eigenvalue weighted by atomic mass is 19.1. The van der Waals surface area contributed by atoms with Crippen LogP contribution in [-0.4, -0.2) is 29.8 Å². The Morgan fingerprint density at radius 3 is 2.50 bits per heavy atom. The predicted octanol–water partition coefficient (Wildman–Crippen LogP) is 3.81. The van der Waals surface area contributed by atoms with E-state index in [0.717, 1.165) is 11.1 Å². The van der Waals surface area contributed by atoms with Gasteiger partial charge in [-0.15, -0.1) is 0 Å². The van der Waals surface area contributed by atoms with Crippen LogP contribution >= 0.6 is 0 Å². The third kappa shape index (κ3) is 3.39. The largest absolute Gasteiger partial charge is 0.352 e. The molecule has 140 valence electrons. The zero-order chi connectivity index (χ0) is 19.5. The maximum absolute atomic E-state index is 13.8. The van der Waals surface area contributed by atoms with Gasteiger partial charge in [-0.25, -0.2) is 4.39 Å². The van der Waals surface area contributed by atoms with Crippen LogP contribution in [0.15, 0.2) is 78.9 Å². The zero-order valence-electron chi connectivity index (χ0n) is 15.1. The van der Waals surface area contributed by atoms with Crippen LogP contribution < -0.4 is 5.32 Å². The topological polar surface area (TPSA) is 49.4 Å². The standard InChI is InChI=1S/C23H19FN2O2/c24-18-10-6-9-17(15-18)21-22(27)25-13-14-26(21)23(28)20-12-5-4-11-19(20)16-7-2-1-3-8-16/h1-12,15,21H,13-14H2,(H,25,27)/t21-/m1/s1. The van der Waals surface area contributed by atoms with Gasteiger partial charge in [0.05, 0.1) is 0 Å². The van der Waals surface area contributed by atoms with Gasteiger partial charge in [0.2, 0.25) is 5.91 Å². The number of rotatable bonds is 3. The van der Waals surface area contributed by atoms with Gasteiger partial charge in [-0.1, -0.05) is 60.7 Å². The van der Waals surface area contributed by atoms with Crippen molar-refractivity contribution in [2.45, 2.75) is 6.04 Å². The molecule has 4 nitrogen and oxygen atoms in total. The molecule has 0 spiro atoms. The quantitative estimate of drug-likeness (QED) is 0.758. The normalized spacial score (nSPS) is 16.5. The monoisotopic (exact) mass is 374 g/mol. The first-order chi connectivity index (χ1) is 13.6. The Kier molecular flexibility index (Phi) is 4.89. The maximum Gasteiger partial charge on any atom is 0.255 e. The van der Waals surface area contributed by atoms with Crippen molar-refractivity contribution in [1.82, 2.24) is 10.2 Å². The summed E-state index contributed by atoms with van der Waals surface area (Å²) in [7, 11) is 0. The average molecular weight is 374 g/mol. The van der Waals surface area contributed by atoms with E-state index in [4.69, 9.17) is 0 Å². The van der Waals surface area contributed by atoms with E-state index >= 15 is 0 Å².